The van der Waals surface area contributed by atoms with E-state index in [1.165, 1.54) is 0 Å². The smallest absolute Gasteiger partial charge is 0.371 e. The van der Waals surface area contributed by atoms with E-state index in [0.717, 1.165) is 0 Å². The summed E-state index contributed by atoms with van der Waals surface area (Å²) < 4.78 is 94.3. The van der Waals surface area contributed by atoms with Crippen LogP contribution in [0.5, 0.6) is 0 Å². The second kappa shape index (κ2) is 3.50. The van der Waals surface area contributed by atoms with Crippen LogP contribution in [0.2, 0.25) is 0 Å². The third-order valence-corrected chi connectivity index (χ3v) is 3.56. The molecule has 0 saturated carbocycles. The Morgan fingerprint density at radius 3 is 1.78 bits per heavy atom. The Morgan fingerprint density at radius 2 is 1.50 bits per heavy atom. The minimum atomic E-state index is -6.16. The maximum Gasteiger partial charge on any atom is 0.429 e. The molecule has 0 spiro atoms. The summed E-state index contributed by atoms with van der Waals surface area (Å²) in [6.45, 7) is 0. The molecule has 18 heavy (non-hydrogen) atoms. The molecule has 106 valence electrons. The number of alkyl halides is 7. The highest BCUT2D eigenvalue weighted by Crippen LogP contribution is 2.59. The highest BCUT2D eigenvalue weighted by atomic mass is 19.4. The lowest BCUT2D eigenvalue weighted by atomic mass is 9.73. The van der Waals surface area contributed by atoms with Crippen molar-refractivity contribution in [2.75, 3.05) is 0 Å². The van der Waals surface area contributed by atoms with Crippen LogP contribution in [0.4, 0.5) is 30.7 Å². The zero-order chi connectivity index (χ0) is 14.0. The number of halogens is 7. The molecular formula is C9H9F7O2. The molecule has 0 aliphatic carbocycles. The van der Waals surface area contributed by atoms with Gasteiger partial charge >= 0.3 is 12.4 Å². The second-order valence-corrected chi connectivity index (χ2v) is 4.60. The Labute approximate surface area is 96.7 Å². The van der Waals surface area contributed by atoms with E-state index in [1.807, 2.05) is 0 Å². The molecule has 2 heterocycles. The van der Waals surface area contributed by atoms with E-state index in [9.17, 15) is 30.7 Å². The van der Waals surface area contributed by atoms with Gasteiger partial charge in [0.05, 0.1) is 12.2 Å². The van der Waals surface area contributed by atoms with Gasteiger partial charge in [0, 0.05) is 6.42 Å². The summed E-state index contributed by atoms with van der Waals surface area (Å²) in [5.41, 5.74) is -9.28. The van der Waals surface area contributed by atoms with Crippen LogP contribution in [0, 0.1) is 0 Å². The van der Waals surface area contributed by atoms with Gasteiger partial charge in [-0.15, -0.1) is 0 Å². The molecule has 0 amide bonds. The fraction of sp³-hybridized carbons (Fsp3) is 1.00. The topological polar surface area (TPSA) is 29.5 Å². The van der Waals surface area contributed by atoms with Gasteiger partial charge in [-0.2, -0.15) is 26.3 Å². The van der Waals surface area contributed by atoms with E-state index >= 15 is 0 Å². The molecule has 3 unspecified atom stereocenters. The highest BCUT2D eigenvalue weighted by Gasteiger charge is 2.84. The van der Waals surface area contributed by atoms with Crippen molar-refractivity contribution in [1.82, 2.24) is 0 Å². The summed E-state index contributed by atoms with van der Waals surface area (Å²) in [4.78, 5) is 0. The molecule has 2 aliphatic heterocycles. The fourth-order valence-corrected chi connectivity index (χ4v) is 2.67. The average Bonchev–Trinajstić information content (AvgIpc) is 2.72. The zero-order valence-electron chi connectivity index (χ0n) is 8.78. The molecule has 2 aliphatic rings. The van der Waals surface area contributed by atoms with Crippen molar-refractivity contribution in [3.63, 3.8) is 0 Å². The van der Waals surface area contributed by atoms with Gasteiger partial charge in [-0.3, -0.25) is 0 Å². The normalized spacial score (nSPS) is 37.3. The maximum absolute atomic E-state index is 14.2. The van der Waals surface area contributed by atoms with Crippen molar-refractivity contribution in [2.24, 2.45) is 0 Å². The van der Waals surface area contributed by atoms with Crippen LogP contribution in [0.25, 0.3) is 0 Å². The maximum atomic E-state index is 14.2. The van der Waals surface area contributed by atoms with E-state index in [4.69, 9.17) is 5.11 Å². The van der Waals surface area contributed by atoms with E-state index in [1.54, 1.807) is 0 Å². The monoisotopic (exact) mass is 282 g/mol. The summed E-state index contributed by atoms with van der Waals surface area (Å²) in [7, 11) is 0. The molecule has 2 bridgehead atoms. The fourth-order valence-electron chi connectivity index (χ4n) is 2.67. The van der Waals surface area contributed by atoms with Gasteiger partial charge in [-0.1, -0.05) is 0 Å². The van der Waals surface area contributed by atoms with Crippen molar-refractivity contribution >= 4 is 0 Å². The highest BCUT2D eigenvalue weighted by molar-refractivity contribution is 5.18. The number of aliphatic hydroxyl groups is 1. The first kappa shape index (κ1) is 13.9. The lowest BCUT2D eigenvalue weighted by Crippen LogP contribution is -2.71. The number of hydrogen-bond donors (Lipinski definition) is 1. The van der Waals surface area contributed by atoms with Crippen LogP contribution < -0.4 is 0 Å². The average molecular weight is 282 g/mol. The summed E-state index contributed by atoms with van der Waals surface area (Å²) in [5.74, 6) is 0. The molecule has 0 radical (unpaired) electrons. The molecule has 2 nitrogen and oxygen atoms in total. The van der Waals surface area contributed by atoms with Crippen LogP contribution in [-0.4, -0.2) is 40.9 Å². The van der Waals surface area contributed by atoms with Crippen molar-refractivity contribution in [2.45, 2.75) is 55.1 Å². The van der Waals surface area contributed by atoms with Crippen LogP contribution in [-0.2, 0) is 4.74 Å². The molecule has 0 aromatic carbocycles. The largest absolute Gasteiger partial charge is 0.429 e. The van der Waals surface area contributed by atoms with E-state index < -0.39 is 42.3 Å². The SMILES string of the molecule is OC(C(F)(F)F)(C(F)(F)F)C1(F)CC2CCC1O2. The van der Waals surface area contributed by atoms with Gasteiger partial charge in [0.15, 0.2) is 5.67 Å². The Hall–Kier alpha value is -0.570. The molecule has 2 fully saturated rings. The lowest BCUT2D eigenvalue weighted by molar-refractivity contribution is -0.407. The predicted octanol–water partition coefficient (Wildman–Crippen LogP) is 2.50. The summed E-state index contributed by atoms with van der Waals surface area (Å²) >= 11 is 0. The van der Waals surface area contributed by atoms with Crippen LogP contribution >= 0.6 is 0 Å². The molecule has 2 saturated heterocycles. The molecule has 9 heteroatoms. The predicted molar refractivity (Wildman–Crippen MR) is 43.4 cm³/mol. The van der Waals surface area contributed by atoms with Crippen LogP contribution in [0.3, 0.4) is 0 Å². The number of ether oxygens (including phenoxy) is 1. The first-order valence-corrected chi connectivity index (χ1v) is 5.13. The molecule has 0 aromatic rings. The van der Waals surface area contributed by atoms with Gasteiger partial charge in [0.2, 0.25) is 0 Å². The third-order valence-electron chi connectivity index (χ3n) is 3.56. The lowest BCUT2D eigenvalue weighted by Gasteiger charge is -2.43. The number of rotatable bonds is 1. The third kappa shape index (κ3) is 1.49. The zero-order valence-corrected chi connectivity index (χ0v) is 8.78. The molecule has 0 aromatic heterocycles. The van der Waals surface area contributed by atoms with E-state index in [-0.39, 0.29) is 12.8 Å². The summed E-state index contributed by atoms with van der Waals surface area (Å²) in [6, 6.07) is 0. The van der Waals surface area contributed by atoms with Gasteiger partial charge < -0.3 is 9.84 Å². The van der Waals surface area contributed by atoms with Crippen molar-refractivity contribution in [1.29, 1.82) is 0 Å². The Kier molecular flexibility index (Phi) is 2.69. The minimum absolute atomic E-state index is 0.197. The number of hydrogen-bond acceptors (Lipinski definition) is 2. The molecule has 2 rings (SSSR count). The van der Waals surface area contributed by atoms with Gasteiger partial charge in [-0.05, 0) is 12.8 Å². The first-order valence-electron chi connectivity index (χ1n) is 5.13. The summed E-state index contributed by atoms with van der Waals surface area (Å²) in [6.07, 6.45) is -16.4. The van der Waals surface area contributed by atoms with Gasteiger partial charge in [-0.25, -0.2) is 4.39 Å². The number of fused-ring (bicyclic) bond motifs is 2. The van der Waals surface area contributed by atoms with Gasteiger partial charge in [0.1, 0.15) is 0 Å². The minimum Gasteiger partial charge on any atom is -0.371 e. The second-order valence-electron chi connectivity index (χ2n) is 4.60. The molecule has 3 atom stereocenters. The first-order chi connectivity index (χ1) is 7.93. The molecule has 1 N–H and O–H groups in total. The quantitative estimate of drug-likeness (QED) is 0.749. The van der Waals surface area contributed by atoms with Crippen molar-refractivity contribution in [3.05, 3.63) is 0 Å². The van der Waals surface area contributed by atoms with E-state index in [0.29, 0.717) is 0 Å². The van der Waals surface area contributed by atoms with E-state index in [2.05, 4.69) is 4.74 Å². The van der Waals surface area contributed by atoms with Crippen molar-refractivity contribution in [3.8, 4) is 0 Å². The van der Waals surface area contributed by atoms with Crippen LogP contribution in [0.1, 0.15) is 19.3 Å². The van der Waals surface area contributed by atoms with Gasteiger partial charge in [0.25, 0.3) is 5.60 Å². The summed E-state index contributed by atoms with van der Waals surface area (Å²) in [5, 5.41) is 9.06. The Morgan fingerprint density at radius 1 is 1.00 bits per heavy atom. The Bertz CT molecular complexity index is 336. The van der Waals surface area contributed by atoms with Crippen molar-refractivity contribution < 1.29 is 40.6 Å². The van der Waals surface area contributed by atoms with Crippen LogP contribution in [0.15, 0.2) is 0 Å². The Balaban J connectivity index is 2.49. The molecular weight excluding hydrogens is 273 g/mol. The standard InChI is InChI=1S/C9H9F7O2/c10-6(3-4-1-2-5(6)18-4)7(17,8(11,12)13)9(14,15)16/h4-5,17H,1-3H2.